The number of fused-ring (bicyclic) bond motifs is 1. The van der Waals surface area contributed by atoms with Crippen molar-refractivity contribution in [1.82, 2.24) is 9.97 Å². The number of anilines is 1. The molecule has 0 saturated carbocycles. The van der Waals surface area contributed by atoms with Crippen LogP contribution in [0.5, 0.6) is 0 Å². The van der Waals surface area contributed by atoms with E-state index in [1.54, 1.807) is 24.4 Å². The molecule has 2 heterocycles. The number of nitrogens with zero attached hydrogens (tertiary/aromatic N) is 1. The second-order valence-corrected chi connectivity index (χ2v) is 6.42. The molecule has 0 saturated heterocycles. The van der Waals surface area contributed by atoms with Gasteiger partial charge in [-0.3, -0.25) is 4.79 Å². The molecule has 4 nitrogen and oxygen atoms in total. The number of nitrogens with two attached hydrogens (primary N) is 1. The molecule has 2 aromatic heterocycles. The first-order chi connectivity index (χ1) is 10.6. The third kappa shape index (κ3) is 2.92. The monoisotopic (exact) mass is 351 g/mol. The van der Waals surface area contributed by atoms with Crippen LogP contribution >= 0.6 is 35.0 Å². The first-order valence-corrected chi connectivity index (χ1v) is 8.13. The van der Waals surface area contributed by atoms with Crippen LogP contribution in [0.3, 0.4) is 0 Å². The molecular formula is C15H11Cl2N3OS. The Hall–Kier alpha value is -1.69. The number of nitrogens with one attached hydrogen (secondary N) is 1. The van der Waals surface area contributed by atoms with Crippen LogP contribution in [0.25, 0.3) is 10.8 Å². The minimum absolute atomic E-state index is 0.164. The number of thioether (sulfide) groups is 1. The van der Waals surface area contributed by atoms with E-state index in [1.165, 1.54) is 11.8 Å². The maximum atomic E-state index is 11.9. The number of rotatable bonds is 3. The zero-order valence-electron chi connectivity index (χ0n) is 11.3. The molecule has 112 valence electrons. The summed E-state index contributed by atoms with van der Waals surface area (Å²) in [4.78, 5) is 18.8. The lowest BCUT2D eigenvalue weighted by Crippen LogP contribution is -2.08. The van der Waals surface area contributed by atoms with E-state index in [-0.39, 0.29) is 10.6 Å². The highest BCUT2D eigenvalue weighted by Crippen LogP contribution is 2.32. The van der Waals surface area contributed by atoms with Gasteiger partial charge in [-0.15, -0.1) is 11.8 Å². The van der Waals surface area contributed by atoms with Crippen molar-refractivity contribution in [2.24, 2.45) is 0 Å². The summed E-state index contributed by atoms with van der Waals surface area (Å²) >= 11 is 13.6. The van der Waals surface area contributed by atoms with Gasteiger partial charge in [0.25, 0.3) is 5.56 Å². The molecule has 3 N–H and O–H groups in total. The summed E-state index contributed by atoms with van der Waals surface area (Å²) in [5.41, 5.74) is 6.42. The van der Waals surface area contributed by atoms with Crippen LogP contribution in [-0.2, 0) is 5.75 Å². The summed E-state index contributed by atoms with van der Waals surface area (Å²) in [6, 6.07) is 8.97. The summed E-state index contributed by atoms with van der Waals surface area (Å²) in [6.07, 6.45) is 1.64. The van der Waals surface area contributed by atoms with Gasteiger partial charge in [0.15, 0.2) is 0 Å². The minimum atomic E-state index is -0.321. The molecule has 0 aliphatic carbocycles. The van der Waals surface area contributed by atoms with Crippen molar-refractivity contribution in [3.63, 3.8) is 0 Å². The molecule has 0 atom stereocenters. The van der Waals surface area contributed by atoms with E-state index in [0.29, 0.717) is 27.0 Å². The first kappa shape index (κ1) is 15.2. The standard InChI is InChI=1S/C15H11Cl2N3OS/c16-9-3-4-10-11(6-9)15(20-14(21)12(10)17)22-7-8-2-1-5-19-13(8)18/h1-6H,7H2,(H2,18,19)(H,20,21). The zero-order valence-corrected chi connectivity index (χ0v) is 13.6. The number of hydrogen-bond acceptors (Lipinski definition) is 4. The molecule has 0 radical (unpaired) electrons. The minimum Gasteiger partial charge on any atom is -0.383 e. The molecule has 0 amide bonds. The van der Waals surface area contributed by atoms with Crippen LogP contribution in [0.2, 0.25) is 10.0 Å². The second kappa shape index (κ2) is 6.20. The highest BCUT2D eigenvalue weighted by molar-refractivity contribution is 7.98. The van der Waals surface area contributed by atoms with Crippen LogP contribution < -0.4 is 11.3 Å². The fourth-order valence-electron chi connectivity index (χ4n) is 2.08. The molecule has 0 fully saturated rings. The Morgan fingerprint density at radius 1 is 1.23 bits per heavy atom. The van der Waals surface area contributed by atoms with Crippen LogP contribution in [0.1, 0.15) is 5.56 Å². The summed E-state index contributed by atoms with van der Waals surface area (Å²) in [5, 5.41) is 2.94. The van der Waals surface area contributed by atoms with Gasteiger partial charge in [0.05, 0.1) is 5.03 Å². The Kier molecular flexibility index (Phi) is 4.29. The Bertz CT molecular complexity index is 911. The molecule has 1 aromatic carbocycles. The third-order valence-corrected chi connectivity index (χ3v) is 4.86. The maximum absolute atomic E-state index is 11.9. The lowest BCUT2D eigenvalue weighted by molar-refractivity contribution is 1.11. The van der Waals surface area contributed by atoms with E-state index in [2.05, 4.69) is 9.97 Å². The van der Waals surface area contributed by atoms with E-state index < -0.39 is 0 Å². The largest absolute Gasteiger partial charge is 0.383 e. The SMILES string of the molecule is Nc1ncccc1CSc1[nH]c(=O)c(Cl)c2ccc(Cl)cc12. The number of hydrogen-bond donors (Lipinski definition) is 2. The van der Waals surface area contributed by atoms with Crippen LogP contribution in [0, 0.1) is 0 Å². The molecule has 0 aliphatic heterocycles. The highest BCUT2D eigenvalue weighted by Gasteiger charge is 2.11. The Balaban J connectivity index is 2.04. The van der Waals surface area contributed by atoms with Crippen molar-refractivity contribution in [2.75, 3.05) is 5.73 Å². The molecule has 0 spiro atoms. The quantitative estimate of drug-likeness (QED) is 0.696. The molecule has 0 aliphatic rings. The van der Waals surface area contributed by atoms with Crippen LogP contribution in [0.4, 0.5) is 5.82 Å². The van der Waals surface area contributed by atoms with Crippen molar-refractivity contribution in [3.05, 3.63) is 62.5 Å². The van der Waals surface area contributed by atoms with Gasteiger partial charge in [0.2, 0.25) is 0 Å². The van der Waals surface area contributed by atoms with Gasteiger partial charge in [-0.2, -0.15) is 0 Å². The number of halogens is 2. The second-order valence-electron chi connectivity index (χ2n) is 4.62. The lowest BCUT2D eigenvalue weighted by atomic mass is 10.2. The van der Waals surface area contributed by atoms with Gasteiger partial charge in [-0.1, -0.05) is 35.3 Å². The number of aromatic amines is 1. The fourth-order valence-corrected chi connectivity index (χ4v) is 3.50. The van der Waals surface area contributed by atoms with Crippen molar-refractivity contribution in [1.29, 1.82) is 0 Å². The van der Waals surface area contributed by atoms with E-state index in [1.807, 2.05) is 12.1 Å². The zero-order chi connectivity index (χ0) is 15.7. The normalized spacial score (nSPS) is 11.0. The van der Waals surface area contributed by atoms with Gasteiger partial charge < -0.3 is 10.7 Å². The van der Waals surface area contributed by atoms with Crippen molar-refractivity contribution in [3.8, 4) is 0 Å². The summed E-state index contributed by atoms with van der Waals surface area (Å²) in [5.74, 6) is 1.06. The smallest absolute Gasteiger partial charge is 0.268 e. The highest BCUT2D eigenvalue weighted by atomic mass is 35.5. The van der Waals surface area contributed by atoms with E-state index in [4.69, 9.17) is 28.9 Å². The predicted molar refractivity (Wildman–Crippen MR) is 92.8 cm³/mol. The lowest BCUT2D eigenvalue weighted by Gasteiger charge is -2.09. The molecule has 0 unspecified atom stereocenters. The summed E-state index contributed by atoms with van der Waals surface area (Å²) in [7, 11) is 0. The number of H-pyrrole nitrogens is 1. The van der Waals surface area contributed by atoms with Crippen molar-refractivity contribution < 1.29 is 0 Å². The first-order valence-electron chi connectivity index (χ1n) is 6.39. The van der Waals surface area contributed by atoms with E-state index >= 15 is 0 Å². The molecule has 7 heteroatoms. The average Bonchev–Trinajstić information content (AvgIpc) is 2.51. The van der Waals surface area contributed by atoms with E-state index in [0.717, 1.165) is 10.9 Å². The Labute approximate surface area is 140 Å². The third-order valence-electron chi connectivity index (χ3n) is 3.19. The van der Waals surface area contributed by atoms with E-state index in [9.17, 15) is 4.79 Å². The summed E-state index contributed by atoms with van der Waals surface area (Å²) in [6.45, 7) is 0. The van der Waals surface area contributed by atoms with Crippen molar-refractivity contribution in [2.45, 2.75) is 10.8 Å². The van der Waals surface area contributed by atoms with Crippen LogP contribution in [0.15, 0.2) is 46.3 Å². The van der Waals surface area contributed by atoms with Gasteiger partial charge in [0, 0.05) is 33.3 Å². The van der Waals surface area contributed by atoms with Crippen molar-refractivity contribution >= 4 is 51.6 Å². The Morgan fingerprint density at radius 3 is 2.82 bits per heavy atom. The fraction of sp³-hybridized carbons (Fsp3) is 0.0667. The maximum Gasteiger partial charge on any atom is 0.268 e. The number of nitrogen functional groups attached to an aromatic ring is 1. The Morgan fingerprint density at radius 2 is 2.05 bits per heavy atom. The summed E-state index contributed by atoms with van der Waals surface area (Å²) < 4.78 is 0. The molecule has 3 rings (SSSR count). The van der Waals surface area contributed by atoms with Gasteiger partial charge in [0.1, 0.15) is 10.8 Å². The van der Waals surface area contributed by atoms with Gasteiger partial charge >= 0.3 is 0 Å². The molecule has 3 aromatic rings. The predicted octanol–water partition coefficient (Wildman–Crippen LogP) is 4.10. The number of aromatic nitrogens is 2. The average molecular weight is 352 g/mol. The van der Waals surface area contributed by atoms with Gasteiger partial charge in [-0.05, 0) is 18.2 Å². The molecular weight excluding hydrogens is 341 g/mol. The topological polar surface area (TPSA) is 71.8 Å². The molecule has 22 heavy (non-hydrogen) atoms. The van der Waals surface area contributed by atoms with Gasteiger partial charge in [-0.25, -0.2) is 4.98 Å². The van der Waals surface area contributed by atoms with Crippen LogP contribution in [-0.4, -0.2) is 9.97 Å². The number of benzene rings is 1. The number of pyridine rings is 2. The molecule has 0 bridgehead atoms.